The van der Waals surface area contributed by atoms with Crippen LogP contribution in [0.1, 0.15) is 19.3 Å². The summed E-state index contributed by atoms with van der Waals surface area (Å²) >= 11 is 0. The quantitative estimate of drug-likeness (QED) is 0.549. The lowest BCUT2D eigenvalue weighted by Gasteiger charge is -2.21. The van der Waals surface area contributed by atoms with Crippen molar-refractivity contribution in [2.24, 2.45) is 5.92 Å². The maximum Gasteiger partial charge on any atom is 0.372 e. The number of carboxylic acids is 1. The predicted octanol–water partition coefficient (Wildman–Crippen LogP) is 0.440. The molecule has 0 bridgehead atoms. The van der Waals surface area contributed by atoms with Crippen LogP contribution in [0.2, 0.25) is 0 Å². The third-order valence-corrected chi connectivity index (χ3v) is 1.69. The molecular formula is C6H8O3. The monoisotopic (exact) mass is 128 g/mol. The van der Waals surface area contributed by atoms with E-state index in [9.17, 15) is 9.59 Å². The van der Waals surface area contributed by atoms with Crippen LogP contribution < -0.4 is 0 Å². The second-order valence-corrected chi connectivity index (χ2v) is 2.30. The number of Topliss-reactive ketones (excluding diaryl/α,β-unsaturated/α-hetero) is 1. The average molecular weight is 128 g/mol. The van der Waals surface area contributed by atoms with E-state index in [-0.39, 0.29) is 5.92 Å². The first-order chi connectivity index (χ1) is 4.22. The number of carbonyl (C=O) groups is 2. The average Bonchev–Trinajstić information content (AvgIpc) is 1.60. The maximum absolute atomic E-state index is 10.5. The Morgan fingerprint density at radius 3 is 2.00 bits per heavy atom. The number of hydrogen-bond acceptors (Lipinski definition) is 2. The normalized spacial score (nSPS) is 18.7. The minimum atomic E-state index is -1.28. The van der Waals surface area contributed by atoms with Crippen molar-refractivity contribution < 1.29 is 14.7 Å². The minimum absolute atomic E-state index is 0.164. The molecule has 0 aromatic rings. The number of ketones is 1. The molecule has 0 spiro atoms. The Morgan fingerprint density at radius 2 is 1.89 bits per heavy atom. The van der Waals surface area contributed by atoms with Gasteiger partial charge in [0.25, 0.3) is 0 Å². The summed E-state index contributed by atoms with van der Waals surface area (Å²) in [4.78, 5) is 20.5. The SMILES string of the molecule is O=C(O)C(=O)C1CCC1. The van der Waals surface area contributed by atoms with Crippen molar-refractivity contribution in [3.63, 3.8) is 0 Å². The van der Waals surface area contributed by atoms with Gasteiger partial charge in [0.05, 0.1) is 0 Å². The number of aliphatic carboxylic acids is 1. The van der Waals surface area contributed by atoms with E-state index in [2.05, 4.69) is 0 Å². The van der Waals surface area contributed by atoms with Crippen LogP contribution in [0.15, 0.2) is 0 Å². The van der Waals surface area contributed by atoms with Crippen LogP contribution in [0.5, 0.6) is 0 Å². The highest BCUT2D eigenvalue weighted by Crippen LogP contribution is 2.26. The van der Waals surface area contributed by atoms with Gasteiger partial charge in [0.1, 0.15) is 0 Å². The van der Waals surface area contributed by atoms with E-state index in [0.29, 0.717) is 0 Å². The highest BCUT2D eigenvalue weighted by molar-refractivity contribution is 6.33. The summed E-state index contributed by atoms with van der Waals surface area (Å²) in [5.41, 5.74) is 0. The summed E-state index contributed by atoms with van der Waals surface area (Å²) in [6, 6.07) is 0. The van der Waals surface area contributed by atoms with Gasteiger partial charge in [-0.2, -0.15) is 0 Å². The van der Waals surface area contributed by atoms with Crippen LogP contribution in [-0.2, 0) is 9.59 Å². The first-order valence-electron chi connectivity index (χ1n) is 2.99. The third-order valence-electron chi connectivity index (χ3n) is 1.69. The summed E-state index contributed by atoms with van der Waals surface area (Å²) in [5, 5.41) is 8.17. The topological polar surface area (TPSA) is 54.4 Å². The van der Waals surface area contributed by atoms with E-state index in [1.165, 1.54) is 0 Å². The van der Waals surface area contributed by atoms with E-state index >= 15 is 0 Å². The van der Waals surface area contributed by atoms with Crippen LogP contribution in [0.4, 0.5) is 0 Å². The molecule has 3 heteroatoms. The molecule has 0 aromatic carbocycles. The Hall–Kier alpha value is -0.860. The Morgan fingerprint density at radius 1 is 1.33 bits per heavy atom. The van der Waals surface area contributed by atoms with E-state index in [1.807, 2.05) is 0 Å². The number of carbonyl (C=O) groups excluding carboxylic acids is 1. The Labute approximate surface area is 52.7 Å². The number of rotatable bonds is 2. The van der Waals surface area contributed by atoms with Gasteiger partial charge in [-0.3, -0.25) is 4.79 Å². The first-order valence-corrected chi connectivity index (χ1v) is 2.99. The van der Waals surface area contributed by atoms with Crippen LogP contribution >= 0.6 is 0 Å². The summed E-state index contributed by atoms with van der Waals surface area (Å²) in [6.07, 6.45) is 2.54. The highest BCUT2D eigenvalue weighted by Gasteiger charge is 2.29. The van der Waals surface area contributed by atoms with Crippen molar-refractivity contribution in [2.45, 2.75) is 19.3 Å². The van der Waals surface area contributed by atoms with Gasteiger partial charge in [0, 0.05) is 5.92 Å². The summed E-state index contributed by atoms with van der Waals surface area (Å²) in [6.45, 7) is 0. The van der Waals surface area contributed by atoms with Crippen LogP contribution in [0.25, 0.3) is 0 Å². The molecule has 0 radical (unpaired) electrons. The smallest absolute Gasteiger partial charge is 0.372 e. The van der Waals surface area contributed by atoms with E-state index in [4.69, 9.17) is 5.11 Å². The fourth-order valence-corrected chi connectivity index (χ4v) is 0.845. The Kier molecular flexibility index (Phi) is 1.51. The maximum atomic E-state index is 10.5. The molecule has 1 saturated carbocycles. The van der Waals surface area contributed by atoms with E-state index in [0.717, 1.165) is 19.3 Å². The van der Waals surface area contributed by atoms with Gasteiger partial charge >= 0.3 is 5.97 Å². The molecule has 0 aliphatic heterocycles. The Balaban J connectivity index is 2.42. The van der Waals surface area contributed by atoms with Gasteiger partial charge in [-0.15, -0.1) is 0 Å². The molecule has 9 heavy (non-hydrogen) atoms. The lowest BCUT2D eigenvalue weighted by molar-refractivity contribution is -0.152. The van der Waals surface area contributed by atoms with Crippen molar-refractivity contribution in [1.82, 2.24) is 0 Å². The molecular weight excluding hydrogens is 120 g/mol. The molecule has 0 heterocycles. The highest BCUT2D eigenvalue weighted by atomic mass is 16.4. The second-order valence-electron chi connectivity index (χ2n) is 2.30. The van der Waals surface area contributed by atoms with Crippen molar-refractivity contribution in [2.75, 3.05) is 0 Å². The fraction of sp³-hybridized carbons (Fsp3) is 0.667. The van der Waals surface area contributed by atoms with Crippen molar-refractivity contribution in [3.8, 4) is 0 Å². The van der Waals surface area contributed by atoms with Gasteiger partial charge in [-0.05, 0) is 12.8 Å². The molecule has 0 amide bonds. The molecule has 50 valence electrons. The molecule has 1 fully saturated rings. The fourth-order valence-electron chi connectivity index (χ4n) is 0.845. The van der Waals surface area contributed by atoms with Gasteiger partial charge in [-0.1, -0.05) is 6.42 Å². The van der Waals surface area contributed by atoms with Crippen molar-refractivity contribution >= 4 is 11.8 Å². The molecule has 1 rings (SSSR count). The lowest BCUT2D eigenvalue weighted by atomic mass is 9.82. The van der Waals surface area contributed by atoms with Gasteiger partial charge in [0.15, 0.2) is 0 Å². The zero-order valence-electron chi connectivity index (χ0n) is 4.96. The number of carboxylic acid groups (broad SMARTS) is 1. The largest absolute Gasteiger partial charge is 0.475 e. The molecule has 1 N–H and O–H groups in total. The minimum Gasteiger partial charge on any atom is -0.475 e. The van der Waals surface area contributed by atoms with Gasteiger partial charge in [-0.25, -0.2) is 4.79 Å². The van der Waals surface area contributed by atoms with E-state index < -0.39 is 11.8 Å². The number of hydrogen-bond donors (Lipinski definition) is 1. The first kappa shape index (κ1) is 6.26. The molecule has 3 nitrogen and oxygen atoms in total. The summed E-state index contributed by atoms with van der Waals surface area (Å²) in [5.74, 6) is -2.05. The molecule has 0 aromatic heterocycles. The zero-order chi connectivity index (χ0) is 6.85. The van der Waals surface area contributed by atoms with Crippen LogP contribution in [0.3, 0.4) is 0 Å². The summed E-state index contributed by atoms with van der Waals surface area (Å²) < 4.78 is 0. The predicted molar refractivity (Wildman–Crippen MR) is 30.0 cm³/mol. The van der Waals surface area contributed by atoms with Gasteiger partial charge < -0.3 is 5.11 Å². The van der Waals surface area contributed by atoms with Crippen molar-refractivity contribution in [1.29, 1.82) is 0 Å². The Bertz CT molecular complexity index is 146. The zero-order valence-corrected chi connectivity index (χ0v) is 4.96. The van der Waals surface area contributed by atoms with Gasteiger partial charge in [0.2, 0.25) is 5.78 Å². The molecule has 0 unspecified atom stereocenters. The molecule has 0 saturated heterocycles. The second kappa shape index (κ2) is 2.17. The van der Waals surface area contributed by atoms with Crippen LogP contribution in [-0.4, -0.2) is 16.9 Å². The standard InChI is InChI=1S/C6H8O3/c7-5(6(8)9)4-2-1-3-4/h4H,1-3H2,(H,8,9). The molecule has 0 atom stereocenters. The summed E-state index contributed by atoms with van der Waals surface area (Å²) in [7, 11) is 0. The van der Waals surface area contributed by atoms with E-state index in [1.54, 1.807) is 0 Å². The third kappa shape index (κ3) is 1.09. The molecule has 1 aliphatic carbocycles. The van der Waals surface area contributed by atoms with Crippen molar-refractivity contribution in [3.05, 3.63) is 0 Å². The molecule has 1 aliphatic rings. The van der Waals surface area contributed by atoms with Crippen LogP contribution in [0, 0.1) is 5.92 Å². The lowest BCUT2D eigenvalue weighted by Crippen LogP contribution is -2.28.